The van der Waals surface area contributed by atoms with Crippen LogP contribution in [0.2, 0.25) is 0 Å². The molecule has 380 valence electrons. The van der Waals surface area contributed by atoms with Gasteiger partial charge in [0.25, 0.3) is 5.82 Å². The van der Waals surface area contributed by atoms with E-state index in [0.29, 0.717) is 12.1 Å². The van der Waals surface area contributed by atoms with Crippen molar-refractivity contribution in [2.24, 2.45) is 0 Å². The van der Waals surface area contributed by atoms with Crippen LogP contribution in [-0.4, -0.2) is 27.8 Å². The summed E-state index contributed by atoms with van der Waals surface area (Å²) in [7, 11) is 0. The lowest BCUT2D eigenvalue weighted by atomic mass is 9.91. The third-order valence-corrected chi connectivity index (χ3v) is 17.0. The SMILES string of the molecule is [C-]#[N+]c1cc(-c2c(Cn3c4ccccc4c4ccccc43)c(-n3c4ccccc4c4ccccc43)c(-n3c4ccccc4c4ccccc43)c(-n3c4ccccc4c4ccccc43)c2-n2c3ccccc3c3ccccc32)cc(C#N)n1. The molecule has 0 radical (unpaired) electrons. The highest BCUT2D eigenvalue weighted by Gasteiger charge is 2.36. The Morgan fingerprint density at radius 2 is 0.610 bits per heavy atom. The van der Waals surface area contributed by atoms with Crippen LogP contribution < -0.4 is 0 Å². The van der Waals surface area contributed by atoms with Crippen molar-refractivity contribution in [3.8, 4) is 39.9 Å². The van der Waals surface area contributed by atoms with Crippen LogP contribution in [0.1, 0.15) is 11.3 Å². The van der Waals surface area contributed by atoms with E-state index in [9.17, 15) is 5.26 Å². The maximum absolute atomic E-state index is 11.1. The van der Waals surface area contributed by atoms with Crippen molar-refractivity contribution in [3.63, 3.8) is 0 Å². The van der Waals surface area contributed by atoms with E-state index in [1.807, 2.05) is 12.1 Å². The second-order valence-corrected chi connectivity index (χ2v) is 21.2. The summed E-state index contributed by atoms with van der Waals surface area (Å²) in [5.41, 5.74) is 16.8. The smallest absolute Gasteiger partial charge is 0.271 e. The molecular formula is C74H44N8. The van der Waals surface area contributed by atoms with Gasteiger partial charge in [0.2, 0.25) is 5.69 Å². The Hall–Kier alpha value is -11.5. The van der Waals surface area contributed by atoms with Gasteiger partial charge in [-0.25, -0.2) is 0 Å². The Bertz CT molecular complexity index is 5370. The predicted octanol–water partition coefficient (Wildman–Crippen LogP) is 18.7. The number of rotatable bonds is 7. The normalized spacial score (nSPS) is 11.9. The summed E-state index contributed by atoms with van der Waals surface area (Å²) in [5.74, 6) is 0.133. The molecule has 17 rings (SSSR count). The van der Waals surface area contributed by atoms with Crippen molar-refractivity contribution in [1.29, 1.82) is 5.26 Å². The van der Waals surface area contributed by atoms with E-state index in [2.05, 4.69) is 281 Å². The van der Waals surface area contributed by atoms with E-state index < -0.39 is 0 Å². The van der Waals surface area contributed by atoms with Gasteiger partial charge in [-0.1, -0.05) is 189 Å². The van der Waals surface area contributed by atoms with Crippen LogP contribution in [0, 0.1) is 17.9 Å². The van der Waals surface area contributed by atoms with Gasteiger partial charge in [-0.2, -0.15) is 5.26 Å². The Morgan fingerprint density at radius 3 is 0.927 bits per heavy atom. The molecule has 6 heterocycles. The molecule has 11 aromatic carbocycles. The molecule has 6 aromatic heterocycles. The zero-order chi connectivity index (χ0) is 54.2. The van der Waals surface area contributed by atoms with Gasteiger partial charge in [0.1, 0.15) is 6.07 Å². The molecule has 0 aliphatic heterocycles. The Labute approximate surface area is 469 Å². The highest BCUT2D eigenvalue weighted by molar-refractivity contribution is 6.17. The van der Waals surface area contributed by atoms with E-state index in [0.717, 1.165) is 143 Å². The molecule has 0 atom stereocenters. The molecule has 8 heteroatoms. The van der Waals surface area contributed by atoms with Crippen molar-refractivity contribution < 1.29 is 0 Å². The standard InChI is InChI=1S/C74H44N8/c1-76-69-43-46(42-47(44-75)77-69)70-58(45-78-59-32-12-2-22-48(59)49-23-3-13-33-60(49)78)71(79-61-34-14-4-24-50(61)51-25-5-15-35-62(51)79)73(81-65-38-18-8-28-54(65)55-29-9-19-39-66(55)81)74(82-67-40-20-10-30-56(67)57-31-11-21-41-68(57)82)72(70)80-63-36-16-6-26-52(63)53-27-7-17-37-64(53)80/h2-43H,45H2. The third-order valence-electron chi connectivity index (χ3n) is 17.0. The first-order valence-electron chi connectivity index (χ1n) is 27.6. The van der Waals surface area contributed by atoms with Crippen LogP contribution in [-0.2, 0) is 6.54 Å². The minimum Gasteiger partial charge on any atom is -0.361 e. The number of fused-ring (bicyclic) bond motifs is 15. The summed E-state index contributed by atoms with van der Waals surface area (Å²) in [6.07, 6.45) is 0. The maximum Gasteiger partial charge on any atom is 0.271 e. The zero-order valence-electron chi connectivity index (χ0n) is 44.0. The summed E-state index contributed by atoms with van der Waals surface area (Å²) >= 11 is 0. The molecule has 0 spiro atoms. The van der Waals surface area contributed by atoms with Gasteiger partial charge in [0, 0.05) is 82.1 Å². The lowest BCUT2D eigenvalue weighted by Crippen LogP contribution is -2.19. The highest BCUT2D eigenvalue weighted by atomic mass is 15.1. The van der Waals surface area contributed by atoms with Crippen molar-refractivity contribution in [2.45, 2.75) is 6.54 Å². The molecule has 0 saturated heterocycles. The fourth-order valence-corrected chi connectivity index (χ4v) is 13.9. The van der Waals surface area contributed by atoms with E-state index in [4.69, 9.17) is 6.57 Å². The van der Waals surface area contributed by atoms with Crippen molar-refractivity contribution in [3.05, 3.63) is 277 Å². The number of nitrogens with zero attached hydrogens (tertiary/aromatic N) is 8. The first-order chi connectivity index (χ1) is 40.7. The van der Waals surface area contributed by atoms with Crippen LogP contribution in [0.3, 0.4) is 0 Å². The molecule has 17 aromatic rings. The number of hydrogen-bond acceptors (Lipinski definition) is 2. The van der Waals surface area contributed by atoms with Gasteiger partial charge in [-0.05, 0) is 72.3 Å². The predicted molar refractivity (Wildman–Crippen MR) is 337 cm³/mol. The summed E-state index contributed by atoms with van der Waals surface area (Å²) in [6, 6.07) is 93.9. The molecule has 0 aliphatic carbocycles. The number of benzene rings is 11. The monoisotopic (exact) mass is 1040 g/mol. The number of pyridine rings is 1. The fourth-order valence-electron chi connectivity index (χ4n) is 13.9. The molecule has 8 nitrogen and oxygen atoms in total. The average molecular weight is 1050 g/mol. The minimum atomic E-state index is 0.133. The second-order valence-electron chi connectivity index (χ2n) is 21.2. The van der Waals surface area contributed by atoms with Crippen molar-refractivity contribution in [1.82, 2.24) is 27.8 Å². The molecule has 0 amide bonds. The van der Waals surface area contributed by atoms with Crippen LogP contribution in [0.25, 0.3) is 148 Å². The molecule has 0 bridgehead atoms. The largest absolute Gasteiger partial charge is 0.361 e. The Morgan fingerprint density at radius 1 is 0.341 bits per heavy atom. The van der Waals surface area contributed by atoms with Crippen molar-refractivity contribution >= 4 is 115 Å². The van der Waals surface area contributed by atoms with Gasteiger partial charge < -0.3 is 27.7 Å². The van der Waals surface area contributed by atoms with Gasteiger partial charge in [0.15, 0.2) is 0 Å². The van der Waals surface area contributed by atoms with Crippen LogP contribution >= 0.6 is 0 Å². The molecule has 0 unspecified atom stereocenters. The highest BCUT2D eigenvalue weighted by Crippen LogP contribution is 2.53. The van der Waals surface area contributed by atoms with Crippen molar-refractivity contribution in [2.75, 3.05) is 0 Å². The summed E-state index contributed by atoms with van der Waals surface area (Å²) in [5, 5.41) is 22.3. The number of hydrogen-bond donors (Lipinski definition) is 0. The van der Waals surface area contributed by atoms with Gasteiger partial charge in [-0.3, -0.25) is 0 Å². The van der Waals surface area contributed by atoms with Crippen LogP contribution in [0.4, 0.5) is 5.82 Å². The fraction of sp³-hybridized carbons (Fsp3) is 0.0135. The third kappa shape index (κ3) is 6.32. The summed E-state index contributed by atoms with van der Waals surface area (Å²) in [4.78, 5) is 8.71. The Kier molecular flexibility index (Phi) is 9.74. The maximum atomic E-state index is 11.1. The average Bonchev–Trinajstić information content (AvgIpc) is 1.83. The van der Waals surface area contributed by atoms with Crippen LogP contribution in [0.15, 0.2) is 255 Å². The van der Waals surface area contributed by atoms with E-state index >= 15 is 0 Å². The second kappa shape index (κ2) is 17.5. The first kappa shape index (κ1) is 45.6. The lowest BCUT2D eigenvalue weighted by Gasteiger charge is -2.31. The number of nitriles is 1. The molecule has 0 aliphatic rings. The van der Waals surface area contributed by atoms with Gasteiger partial charge >= 0.3 is 0 Å². The van der Waals surface area contributed by atoms with Gasteiger partial charge in [-0.15, -0.1) is 4.98 Å². The quantitative estimate of drug-likeness (QED) is 0.149. The molecule has 82 heavy (non-hydrogen) atoms. The van der Waals surface area contributed by atoms with E-state index in [1.165, 1.54) is 0 Å². The van der Waals surface area contributed by atoms with E-state index in [1.54, 1.807) is 0 Å². The Balaban J connectivity index is 1.26. The van der Waals surface area contributed by atoms with Gasteiger partial charge in [0.05, 0.1) is 73.4 Å². The zero-order valence-corrected chi connectivity index (χ0v) is 44.0. The lowest BCUT2D eigenvalue weighted by molar-refractivity contribution is 0.854. The number of para-hydroxylation sites is 10. The van der Waals surface area contributed by atoms with Crippen LogP contribution in [0.5, 0.6) is 0 Å². The van der Waals surface area contributed by atoms with E-state index in [-0.39, 0.29) is 11.5 Å². The minimum absolute atomic E-state index is 0.133. The topological polar surface area (TPSA) is 65.7 Å². The molecule has 0 N–H and O–H groups in total. The first-order valence-corrected chi connectivity index (χ1v) is 27.6. The molecule has 0 fully saturated rings. The summed E-state index contributed by atoms with van der Waals surface area (Å²) in [6.45, 7) is 9.02. The molecule has 0 saturated carbocycles. The number of aromatic nitrogens is 6. The summed E-state index contributed by atoms with van der Waals surface area (Å²) < 4.78 is 12.5. The molecular weight excluding hydrogens is 1000 g/mol.